The van der Waals surface area contributed by atoms with Gasteiger partial charge in [-0.25, -0.2) is 0 Å². The van der Waals surface area contributed by atoms with Crippen molar-refractivity contribution in [3.63, 3.8) is 0 Å². The van der Waals surface area contributed by atoms with Crippen molar-refractivity contribution < 1.29 is 14.3 Å². The average molecular weight is 303 g/mol. The van der Waals surface area contributed by atoms with Crippen molar-refractivity contribution in [3.8, 4) is 0 Å². The van der Waals surface area contributed by atoms with Crippen LogP contribution in [0.1, 0.15) is 55.5 Å². The number of amides is 1. The van der Waals surface area contributed by atoms with Crippen LogP contribution in [-0.2, 0) is 9.53 Å². The molecule has 0 spiro atoms. The highest BCUT2D eigenvalue weighted by molar-refractivity contribution is 5.94. The van der Waals surface area contributed by atoms with E-state index in [1.165, 1.54) is 5.56 Å². The highest BCUT2D eigenvalue weighted by Crippen LogP contribution is 2.21. The quantitative estimate of drug-likeness (QED) is 0.802. The van der Waals surface area contributed by atoms with Gasteiger partial charge in [0.1, 0.15) is 0 Å². The fourth-order valence-electron chi connectivity index (χ4n) is 2.81. The second-order valence-corrected chi connectivity index (χ2v) is 6.12. The Balaban J connectivity index is 2.03. The van der Waals surface area contributed by atoms with Gasteiger partial charge in [-0.15, -0.1) is 0 Å². The second-order valence-electron chi connectivity index (χ2n) is 6.12. The topological polar surface area (TPSA) is 46.6 Å². The van der Waals surface area contributed by atoms with Crippen molar-refractivity contribution in [2.24, 2.45) is 5.92 Å². The number of esters is 1. The molecule has 1 aromatic rings. The van der Waals surface area contributed by atoms with Gasteiger partial charge in [0.25, 0.3) is 5.91 Å². The number of piperidine rings is 1. The van der Waals surface area contributed by atoms with Gasteiger partial charge in [-0.05, 0) is 43.4 Å². The zero-order chi connectivity index (χ0) is 16.1. The molecule has 1 aromatic carbocycles. The molecule has 1 amide bonds. The minimum atomic E-state index is -0.187. The number of carbonyl (C=O) groups excluding carboxylic acids is 2. The number of ether oxygens (including phenoxy) is 1. The lowest BCUT2D eigenvalue weighted by Gasteiger charge is -2.31. The Bertz CT molecular complexity index is 522. The Morgan fingerprint density at radius 2 is 1.95 bits per heavy atom. The first kappa shape index (κ1) is 16.5. The van der Waals surface area contributed by atoms with Crippen LogP contribution in [0.5, 0.6) is 0 Å². The predicted molar refractivity (Wildman–Crippen MR) is 85.8 cm³/mol. The standard InChI is InChI=1S/C18H25NO3/c1-4-22-18(21)16-6-5-11-19(12-16)17(20)15-9-7-14(8-10-15)13(2)3/h7-10,13,16H,4-6,11-12H2,1-3H3. The lowest BCUT2D eigenvalue weighted by molar-refractivity contribution is -0.149. The van der Waals surface area contributed by atoms with E-state index in [4.69, 9.17) is 4.74 Å². The summed E-state index contributed by atoms with van der Waals surface area (Å²) in [6.45, 7) is 7.63. The number of hydrogen-bond donors (Lipinski definition) is 0. The molecular formula is C18H25NO3. The molecule has 1 heterocycles. The molecule has 4 nitrogen and oxygen atoms in total. The van der Waals surface area contributed by atoms with Gasteiger partial charge in [0.05, 0.1) is 12.5 Å². The molecule has 0 radical (unpaired) electrons. The van der Waals surface area contributed by atoms with E-state index in [2.05, 4.69) is 13.8 Å². The van der Waals surface area contributed by atoms with Gasteiger partial charge in [0.15, 0.2) is 0 Å². The molecule has 0 bridgehead atoms. The summed E-state index contributed by atoms with van der Waals surface area (Å²) in [7, 11) is 0. The number of nitrogens with zero attached hydrogens (tertiary/aromatic N) is 1. The molecule has 0 N–H and O–H groups in total. The fourth-order valence-corrected chi connectivity index (χ4v) is 2.81. The molecule has 22 heavy (non-hydrogen) atoms. The van der Waals surface area contributed by atoms with Crippen molar-refractivity contribution in [2.45, 2.75) is 39.5 Å². The number of likely N-dealkylation sites (tertiary alicyclic amines) is 1. The summed E-state index contributed by atoms with van der Waals surface area (Å²) in [4.78, 5) is 26.2. The van der Waals surface area contributed by atoms with E-state index >= 15 is 0 Å². The first-order valence-electron chi connectivity index (χ1n) is 8.08. The molecular weight excluding hydrogens is 278 g/mol. The molecule has 1 aliphatic heterocycles. The maximum Gasteiger partial charge on any atom is 0.310 e. The lowest BCUT2D eigenvalue weighted by atomic mass is 9.97. The molecule has 0 saturated carbocycles. The van der Waals surface area contributed by atoms with E-state index in [0.29, 0.717) is 31.2 Å². The molecule has 0 aromatic heterocycles. The lowest BCUT2D eigenvalue weighted by Crippen LogP contribution is -2.42. The van der Waals surface area contributed by atoms with Gasteiger partial charge in [-0.1, -0.05) is 26.0 Å². The largest absolute Gasteiger partial charge is 0.466 e. The Morgan fingerprint density at radius 1 is 1.27 bits per heavy atom. The normalized spacial score (nSPS) is 18.4. The van der Waals surface area contributed by atoms with Crippen LogP contribution in [0.3, 0.4) is 0 Å². The highest BCUT2D eigenvalue weighted by Gasteiger charge is 2.29. The van der Waals surface area contributed by atoms with Crippen molar-refractivity contribution >= 4 is 11.9 Å². The molecule has 1 fully saturated rings. The maximum atomic E-state index is 12.6. The smallest absolute Gasteiger partial charge is 0.310 e. The Hall–Kier alpha value is -1.84. The first-order chi connectivity index (χ1) is 10.5. The summed E-state index contributed by atoms with van der Waals surface area (Å²) in [6.07, 6.45) is 1.65. The summed E-state index contributed by atoms with van der Waals surface area (Å²) in [5, 5.41) is 0. The Kier molecular flexibility index (Phi) is 5.58. The SMILES string of the molecule is CCOC(=O)C1CCCN(C(=O)c2ccc(C(C)C)cc2)C1. The molecule has 1 atom stereocenters. The van der Waals surface area contributed by atoms with Crippen LogP contribution >= 0.6 is 0 Å². The van der Waals surface area contributed by atoms with E-state index in [1.807, 2.05) is 24.3 Å². The zero-order valence-electron chi connectivity index (χ0n) is 13.7. The van der Waals surface area contributed by atoms with E-state index in [9.17, 15) is 9.59 Å². The van der Waals surface area contributed by atoms with Crippen LogP contribution in [0.2, 0.25) is 0 Å². The van der Waals surface area contributed by atoms with Crippen molar-refractivity contribution in [1.29, 1.82) is 0 Å². The Morgan fingerprint density at radius 3 is 2.55 bits per heavy atom. The number of carbonyl (C=O) groups is 2. The summed E-state index contributed by atoms with van der Waals surface area (Å²) in [6, 6.07) is 7.77. The third-order valence-corrected chi connectivity index (χ3v) is 4.15. The van der Waals surface area contributed by atoms with Crippen molar-refractivity contribution in [2.75, 3.05) is 19.7 Å². The molecule has 2 rings (SSSR count). The van der Waals surface area contributed by atoms with E-state index in [-0.39, 0.29) is 17.8 Å². The number of rotatable bonds is 4. The fraction of sp³-hybridized carbons (Fsp3) is 0.556. The van der Waals surface area contributed by atoms with Crippen LogP contribution in [-0.4, -0.2) is 36.5 Å². The van der Waals surface area contributed by atoms with E-state index in [1.54, 1.807) is 11.8 Å². The minimum Gasteiger partial charge on any atom is -0.466 e. The van der Waals surface area contributed by atoms with Gasteiger partial charge in [0, 0.05) is 18.7 Å². The second kappa shape index (κ2) is 7.43. The summed E-state index contributed by atoms with van der Waals surface area (Å²) in [5.41, 5.74) is 1.91. The van der Waals surface area contributed by atoms with E-state index < -0.39 is 0 Å². The summed E-state index contributed by atoms with van der Waals surface area (Å²) < 4.78 is 5.08. The molecule has 120 valence electrons. The summed E-state index contributed by atoms with van der Waals surface area (Å²) in [5.74, 6) is 0.0828. The Labute approximate surface area is 132 Å². The molecule has 1 saturated heterocycles. The monoisotopic (exact) mass is 303 g/mol. The summed E-state index contributed by atoms with van der Waals surface area (Å²) >= 11 is 0. The number of benzene rings is 1. The maximum absolute atomic E-state index is 12.6. The third-order valence-electron chi connectivity index (χ3n) is 4.15. The van der Waals surface area contributed by atoms with E-state index in [0.717, 1.165) is 12.8 Å². The van der Waals surface area contributed by atoms with Crippen LogP contribution in [0.4, 0.5) is 0 Å². The van der Waals surface area contributed by atoms with Crippen LogP contribution < -0.4 is 0 Å². The van der Waals surface area contributed by atoms with Gasteiger partial charge in [-0.2, -0.15) is 0 Å². The first-order valence-corrected chi connectivity index (χ1v) is 8.08. The average Bonchev–Trinajstić information content (AvgIpc) is 2.54. The van der Waals surface area contributed by atoms with Crippen molar-refractivity contribution in [3.05, 3.63) is 35.4 Å². The van der Waals surface area contributed by atoms with Gasteiger partial charge >= 0.3 is 5.97 Å². The third kappa shape index (κ3) is 3.87. The number of hydrogen-bond acceptors (Lipinski definition) is 3. The van der Waals surface area contributed by atoms with Gasteiger partial charge < -0.3 is 9.64 Å². The van der Waals surface area contributed by atoms with Gasteiger partial charge in [0.2, 0.25) is 0 Å². The van der Waals surface area contributed by atoms with Crippen LogP contribution in [0.25, 0.3) is 0 Å². The molecule has 0 aliphatic carbocycles. The van der Waals surface area contributed by atoms with Crippen molar-refractivity contribution in [1.82, 2.24) is 4.90 Å². The zero-order valence-corrected chi connectivity index (χ0v) is 13.7. The minimum absolute atomic E-state index is 0.00399. The van der Waals surface area contributed by atoms with Gasteiger partial charge in [-0.3, -0.25) is 9.59 Å². The predicted octanol–water partition coefficient (Wildman–Crippen LogP) is 3.23. The highest BCUT2D eigenvalue weighted by atomic mass is 16.5. The van der Waals surface area contributed by atoms with Crippen LogP contribution in [0, 0.1) is 5.92 Å². The molecule has 4 heteroatoms. The van der Waals surface area contributed by atoms with Crippen LogP contribution in [0.15, 0.2) is 24.3 Å². The molecule has 1 unspecified atom stereocenters. The molecule has 1 aliphatic rings.